The van der Waals surface area contributed by atoms with Crippen LogP contribution in [0, 0.1) is 35.3 Å². The molecule has 0 aliphatic rings. The van der Waals surface area contributed by atoms with Gasteiger partial charge in [-0.05, 0) is 49.1 Å². The van der Waals surface area contributed by atoms with Crippen molar-refractivity contribution in [1.29, 1.82) is 5.26 Å². The number of hydrogen-bond acceptors (Lipinski definition) is 6. The van der Waals surface area contributed by atoms with Crippen LogP contribution in [0.5, 0.6) is 5.75 Å². The number of anilines is 2. The standard InChI is InChI=1S/C23H20ClN5O3/c1-13-10-20(29(30)31)21(32-3)11-18(13)27-22-15(8-9-24)14(2)16(12-25)23-26-17-6-4-5-7-19(17)28(22)23/h4-7,10-11,27H,8-9H2,1-3H3. The van der Waals surface area contributed by atoms with Crippen molar-refractivity contribution in [3.8, 4) is 11.8 Å². The summed E-state index contributed by atoms with van der Waals surface area (Å²) in [5, 5.41) is 24.7. The van der Waals surface area contributed by atoms with Crippen molar-refractivity contribution < 1.29 is 9.66 Å². The third-order valence-electron chi connectivity index (χ3n) is 5.55. The molecule has 0 atom stereocenters. The summed E-state index contributed by atoms with van der Waals surface area (Å²) < 4.78 is 7.17. The molecule has 8 nitrogen and oxygen atoms in total. The molecule has 4 rings (SSSR count). The molecule has 1 N–H and O–H groups in total. The van der Waals surface area contributed by atoms with Crippen LogP contribution in [-0.4, -0.2) is 27.3 Å². The van der Waals surface area contributed by atoms with E-state index in [0.29, 0.717) is 40.6 Å². The Hall–Kier alpha value is -3.83. The maximum absolute atomic E-state index is 11.4. The number of nitro benzene ring substituents is 1. The molecule has 0 aliphatic heterocycles. The van der Waals surface area contributed by atoms with Gasteiger partial charge in [0.05, 0.1) is 28.6 Å². The van der Waals surface area contributed by atoms with Crippen molar-refractivity contribution in [2.45, 2.75) is 20.3 Å². The van der Waals surface area contributed by atoms with Gasteiger partial charge in [0.1, 0.15) is 11.9 Å². The molecular formula is C23H20ClN5O3. The lowest BCUT2D eigenvalue weighted by molar-refractivity contribution is -0.385. The van der Waals surface area contributed by atoms with Gasteiger partial charge in [-0.25, -0.2) is 4.98 Å². The van der Waals surface area contributed by atoms with Gasteiger partial charge in [-0.3, -0.25) is 14.5 Å². The predicted octanol–water partition coefficient (Wildman–Crippen LogP) is 5.42. The molecule has 0 fully saturated rings. The lowest BCUT2D eigenvalue weighted by Gasteiger charge is -2.20. The number of benzene rings is 2. The lowest BCUT2D eigenvalue weighted by Crippen LogP contribution is -2.10. The highest BCUT2D eigenvalue weighted by Gasteiger charge is 2.23. The van der Waals surface area contributed by atoms with Gasteiger partial charge in [0.2, 0.25) is 0 Å². The van der Waals surface area contributed by atoms with Gasteiger partial charge < -0.3 is 10.1 Å². The van der Waals surface area contributed by atoms with Crippen molar-refractivity contribution in [3.05, 3.63) is 68.8 Å². The van der Waals surface area contributed by atoms with Crippen molar-refractivity contribution in [2.24, 2.45) is 0 Å². The quantitative estimate of drug-likeness (QED) is 0.239. The first-order valence-corrected chi connectivity index (χ1v) is 10.4. The average Bonchev–Trinajstić information content (AvgIpc) is 3.16. The Balaban J connectivity index is 2.05. The van der Waals surface area contributed by atoms with Crippen LogP contribution in [-0.2, 0) is 6.42 Å². The second-order valence-electron chi connectivity index (χ2n) is 7.36. The van der Waals surface area contributed by atoms with Gasteiger partial charge in [0.25, 0.3) is 0 Å². The van der Waals surface area contributed by atoms with E-state index in [2.05, 4.69) is 11.4 Å². The summed E-state index contributed by atoms with van der Waals surface area (Å²) in [7, 11) is 1.40. The molecule has 0 aliphatic carbocycles. The molecular weight excluding hydrogens is 430 g/mol. The van der Waals surface area contributed by atoms with Gasteiger partial charge in [-0.2, -0.15) is 5.26 Å². The van der Waals surface area contributed by atoms with E-state index in [1.54, 1.807) is 13.0 Å². The Labute approximate surface area is 189 Å². The molecule has 0 unspecified atom stereocenters. The van der Waals surface area contributed by atoms with Crippen molar-refractivity contribution in [2.75, 3.05) is 18.3 Å². The smallest absolute Gasteiger partial charge is 0.311 e. The molecule has 0 bridgehead atoms. The van der Waals surface area contributed by atoms with Crippen molar-refractivity contribution >= 4 is 45.5 Å². The molecule has 0 saturated carbocycles. The maximum Gasteiger partial charge on any atom is 0.311 e. The average molecular weight is 450 g/mol. The van der Waals surface area contributed by atoms with Crippen molar-refractivity contribution in [1.82, 2.24) is 9.38 Å². The van der Waals surface area contributed by atoms with Crippen LogP contribution < -0.4 is 10.1 Å². The Morgan fingerprint density at radius 3 is 2.72 bits per heavy atom. The maximum atomic E-state index is 11.4. The number of nitro groups is 1. The van der Waals surface area contributed by atoms with Crippen LogP contribution in [0.2, 0.25) is 0 Å². The van der Waals surface area contributed by atoms with E-state index in [-0.39, 0.29) is 11.4 Å². The molecule has 2 heterocycles. The number of aryl methyl sites for hydroxylation is 1. The topological polar surface area (TPSA) is 105 Å². The number of hydrogen-bond donors (Lipinski definition) is 1. The van der Waals surface area contributed by atoms with Crippen LogP contribution in [0.15, 0.2) is 36.4 Å². The lowest BCUT2D eigenvalue weighted by atomic mass is 10.0. The summed E-state index contributed by atoms with van der Waals surface area (Å²) in [6.45, 7) is 3.67. The minimum Gasteiger partial charge on any atom is -0.490 e. The number of halogens is 1. The number of para-hydroxylation sites is 2. The molecule has 162 valence electrons. The third-order valence-corrected chi connectivity index (χ3v) is 5.74. The monoisotopic (exact) mass is 449 g/mol. The van der Waals surface area contributed by atoms with Crippen LogP contribution in [0.3, 0.4) is 0 Å². The number of ether oxygens (including phenoxy) is 1. The number of nitrogens with zero attached hydrogens (tertiary/aromatic N) is 4. The number of nitrogens with one attached hydrogen (secondary N) is 1. The number of imidazole rings is 1. The van der Waals surface area contributed by atoms with E-state index < -0.39 is 4.92 Å². The number of methoxy groups -OCH3 is 1. The molecule has 2 aromatic carbocycles. The minimum absolute atomic E-state index is 0.106. The van der Waals surface area contributed by atoms with E-state index in [0.717, 1.165) is 22.2 Å². The predicted molar refractivity (Wildman–Crippen MR) is 124 cm³/mol. The fraction of sp³-hybridized carbons (Fsp3) is 0.217. The summed E-state index contributed by atoms with van der Waals surface area (Å²) >= 11 is 6.13. The molecule has 0 spiro atoms. The molecule has 2 aromatic heterocycles. The van der Waals surface area contributed by atoms with Gasteiger partial charge in [-0.15, -0.1) is 11.6 Å². The first kappa shape index (κ1) is 21.4. The number of fused-ring (bicyclic) bond motifs is 3. The number of nitriles is 1. The van der Waals surface area contributed by atoms with Gasteiger partial charge in [0.15, 0.2) is 11.4 Å². The Bertz CT molecular complexity index is 1420. The summed E-state index contributed by atoms with van der Waals surface area (Å²) in [6.07, 6.45) is 0.524. The zero-order valence-electron chi connectivity index (χ0n) is 17.8. The highest BCUT2D eigenvalue weighted by molar-refractivity contribution is 6.18. The second kappa shape index (κ2) is 8.36. The Kier molecular flexibility index (Phi) is 5.59. The van der Waals surface area contributed by atoms with Crippen molar-refractivity contribution in [3.63, 3.8) is 0 Å². The zero-order chi connectivity index (χ0) is 23.0. The van der Waals surface area contributed by atoms with E-state index >= 15 is 0 Å². The van der Waals surface area contributed by atoms with Crippen LogP contribution >= 0.6 is 11.6 Å². The third kappa shape index (κ3) is 3.37. The molecule has 0 amide bonds. The molecule has 32 heavy (non-hydrogen) atoms. The van der Waals surface area contributed by atoms with Gasteiger partial charge >= 0.3 is 5.69 Å². The van der Waals surface area contributed by atoms with E-state index in [4.69, 9.17) is 21.3 Å². The normalized spacial score (nSPS) is 11.0. The van der Waals surface area contributed by atoms with Gasteiger partial charge in [-0.1, -0.05) is 12.1 Å². The first-order chi connectivity index (χ1) is 15.4. The highest BCUT2D eigenvalue weighted by atomic mass is 35.5. The largest absolute Gasteiger partial charge is 0.490 e. The molecule has 4 aromatic rings. The summed E-state index contributed by atoms with van der Waals surface area (Å²) in [4.78, 5) is 15.6. The molecule has 0 radical (unpaired) electrons. The van der Waals surface area contributed by atoms with Gasteiger partial charge in [0, 0.05) is 23.7 Å². The number of rotatable bonds is 6. The minimum atomic E-state index is -0.470. The van der Waals surface area contributed by atoms with E-state index in [1.807, 2.05) is 35.6 Å². The summed E-state index contributed by atoms with van der Waals surface area (Å²) in [5.74, 6) is 1.23. The summed E-state index contributed by atoms with van der Waals surface area (Å²) in [5.41, 5.74) is 5.51. The van der Waals surface area contributed by atoms with Crippen LogP contribution in [0.1, 0.15) is 22.3 Å². The molecule has 9 heteroatoms. The number of alkyl halides is 1. The fourth-order valence-corrected chi connectivity index (χ4v) is 4.15. The molecule has 0 saturated heterocycles. The fourth-order valence-electron chi connectivity index (χ4n) is 3.96. The van der Waals surface area contributed by atoms with E-state index in [9.17, 15) is 15.4 Å². The Morgan fingerprint density at radius 1 is 1.31 bits per heavy atom. The Morgan fingerprint density at radius 2 is 2.06 bits per heavy atom. The zero-order valence-corrected chi connectivity index (χ0v) is 18.5. The van der Waals surface area contributed by atoms with Crippen LogP contribution in [0.25, 0.3) is 16.7 Å². The summed E-state index contributed by atoms with van der Waals surface area (Å²) in [6, 6.07) is 13.0. The SMILES string of the molecule is COc1cc(Nc2c(CCCl)c(C)c(C#N)c3nc4ccccc4n23)c(C)cc1[N+](=O)[O-]. The van der Waals surface area contributed by atoms with E-state index in [1.165, 1.54) is 13.2 Å². The number of aromatic nitrogens is 2. The number of pyridine rings is 1. The first-order valence-electron chi connectivity index (χ1n) is 9.90. The second-order valence-corrected chi connectivity index (χ2v) is 7.74. The highest BCUT2D eigenvalue weighted by Crippen LogP contribution is 2.37. The van der Waals surface area contributed by atoms with Crippen LogP contribution in [0.4, 0.5) is 17.2 Å².